The molecular weight excluding hydrogens is 497 g/mol. The minimum atomic E-state index is -4.74. The number of carbonyl (C=O) groups excluding carboxylic acids is 1. The van der Waals surface area contributed by atoms with Crippen LogP contribution in [0.1, 0.15) is 59.2 Å². The fourth-order valence-electron chi connectivity index (χ4n) is 4.96. The molecule has 196 valence electrons. The monoisotopic (exact) mass is 522 g/mol. The molecule has 0 radical (unpaired) electrons. The SMILES string of the molecule is N#Cc1ccc(CN2C(=O)c3ccc(OCc4ccc(OC(F)(F)F)cc4)cc3OC23CCCCC3)cc1. The average molecular weight is 523 g/mol. The molecule has 3 aromatic rings. The third-order valence-corrected chi connectivity index (χ3v) is 6.84. The van der Waals surface area contributed by atoms with Gasteiger partial charge in [-0.15, -0.1) is 13.2 Å². The predicted molar refractivity (Wildman–Crippen MR) is 131 cm³/mol. The van der Waals surface area contributed by atoms with E-state index in [2.05, 4.69) is 10.8 Å². The first kappa shape index (κ1) is 25.5. The maximum absolute atomic E-state index is 13.7. The zero-order valence-corrected chi connectivity index (χ0v) is 20.5. The highest BCUT2D eigenvalue weighted by molar-refractivity contribution is 5.98. The van der Waals surface area contributed by atoms with E-state index in [4.69, 9.17) is 14.7 Å². The van der Waals surface area contributed by atoms with Crippen molar-refractivity contribution in [3.63, 3.8) is 0 Å². The lowest BCUT2D eigenvalue weighted by molar-refractivity contribution is -0.274. The van der Waals surface area contributed by atoms with Crippen molar-refractivity contribution in [3.8, 4) is 23.3 Å². The zero-order chi connectivity index (χ0) is 26.8. The molecule has 9 heteroatoms. The summed E-state index contributed by atoms with van der Waals surface area (Å²) in [6.45, 7) is 0.491. The first-order valence-corrected chi connectivity index (χ1v) is 12.4. The molecule has 0 atom stereocenters. The van der Waals surface area contributed by atoms with E-state index in [-0.39, 0.29) is 18.3 Å². The fourth-order valence-corrected chi connectivity index (χ4v) is 4.96. The highest BCUT2D eigenvalue weighted by Gasteiger charge is 2.47. The number of nitrogens with zero attached hydrogens (tertiary/aromatic N) is 2. The third-order valence-electron chi connectivity index (χ3n) is 6.84. The first-order valence-electron chi connectivity index (χ1n) is 12.4. The van der Waals surface area contributed by atoms with Gasteiger partial charge in [0.25, 0.3) is 5.91 Å². The van der Waals surface area contributed by atoms with Gasteiger partial charge in [-0.25, -0.2) is 0 Å². The van der Waals surface area contributed by atoms with Gasteiger partial charge < -0.3 is 14.2 Å². The highest BCUT2D eigenvalue weighted by atomic mass is 19.4. The van der Waals surface area contributed by atoms with Crippen LogP contribution in [0.2, 0.25) is 0 Å². The van der Waals surface area contributed by atoms with Crippen LogP contribution in [0.4, 0.5) is 13.2 Å². The summed E-state index contributed by atoms with van der Waals surface area (Å²) in [5.41, 5.74) is 1.82. The highest BCUT2D eigenvalue weighted by Crippen LogP contribution is 2.44. The lowest BCUT2D eigenvalue weighted by Crippen LogP contribution is -2.59. The Morgan fingerprint density at radius 2 is 1.58 bits per heavy atom. The topological polar surface area (TPSA) is 71.8 Å². The van der Waals surface area contributed by atoms with Crippen molar-refractivity contribution < 1.29 is 32.2 Å². The van der Waals surface area contributed by atoms with Gasteiger partial charge >= 0.3 is 6.36 Å². The molecule has 1 heterocycles. The lowest BCUT2D eigenvalue weighted by atomic mass is 9.87. The second kappa shape index (κ2) is 10.3. The molecule has 0 bridgehead atoms. The van der Waals surface area contributed by atoms with E-state index in [0.717, 1.165) is 24.8 Å². The van der Waals surface area contributed by atoms with Crippen LogP contribution >= 0.6 is 0 Å². The van der Waals surface area contributed by atoms with E-state index in [1.165, 1.54) is 24.3 Å². The van der Waals surface area contributed by atoms with Crippen molar-refractivity contribution in [1.82, 2.24) is 4.90 Å². The maximum atomic E-state index is 13.7. The number of amides is 1. The maximum Gasteiger partial charge on any atom is 0.573 e. The number of hydrogen-bond acceptors (Lipinski definition) is 5. The smallest absolute Gasteiger partial charge is 0.489 e. The fraction of sp³-hybridized carbons (Fsp3) is 0.310. The van der Waals surface area contributed by atoms with Gasteiger partial charge in [0, 0.05) is 25.5 Å². The molecule has 1 fully saturated rings. The van der Waals surface area contributed by atoms with E-state index in [0.29, 0.717) is 47.6 Å². The molecule has 0 N–H and O–H groups in total. The number of carbonyl (C=O) groups is 1. The molecule has 6 nitrogen and oxygen atoms in total. The minimum absolute atomic E-state index is 0.120. The van der Waals surface area contributed by atoms with Crippen LogP contribution in [-0.2, 0) is 13.2 Å². The molecule has 2 aliphatic rings. The van der Waals surface area contributed by atoms with Crippen LogP contribution in [0, 0.1) is 11.3 Å². The summed E-state index contributed by atoms with van der Waals surface area (Å²) in [5, 5.41) is 9.09. The molecule has 0 saturated heterocycles. The van der Waals surface area contributed by atoms with Gasteiger partial charge in [0.15, 0.2) is 5.72 Å². The molecule has 1 saturated carbocycles. The summed E-state index contributed by atoms with van der Waals surface area (Å²) in [6.07, 6.45) is -0.357. The Labute approximate surface area is 218 Å². The number of hydrogen-bond donors (Lipinski definition) is 0. The normalized spacial score (nSPS) is 16.4. The Hall–Kier alpha value is -4.19. The molecule has 5 rings (SSSR count). The van der Waals surface area contributed by atoms with Crippen molar-refractivity contribution in [2.75, 3.05) is 0 Å². The summed E-state index contributed by atoms with van der Waals surface area (Å²) in [7, 11) is 0. The summed E-state index contributed by atoms with van der Waals surface area (Å²) in [5.74, 6) is 0.521. The molecular formula is C29H25F3N2O4. The van der Waals surface area contributed by atoms with Gasteiger partial charge in [-0.05, 0) is 60.4 Å². The molecule has 3 aromatic carbocycles. The molecule has 38 heavy (non-hydrogen) atoms. The number of alkyl halides is 3. The predicted octanol–water partition coefficient (Wildman–Crippen LogP) is 6.73. The van der Waals surface area contributed by atoms with Gasteiger partial charge in [-0.1, -0.05) is 30.7 Å². The van der Waals surface area contributed by atoms with E-state index >= 15 is 0 Å². The number of halogens is 3. The van der Waals surface area contributed by atoms with Crippen LogP contribution in [-0.4, -0.2) is 22.9 Å². The number of rotatable bonds is 6. The van der Waals surface area contributed by atoms with Crippen LogP contribution < -0.4 is 14.2 Å². The van der Waals surface area contributed by atoms with Crippen LogP contribution in [0.25, 0.3) is 0 Å². The van der Waals surface area contributed by atoms with Gasteiger partial charge in [-0.3, -0.25) is 9.69 Å². The Kier molecular flexibility index (Phi) is 6.89. The lowest BCUT2D eigenvalue weighted by Gasteiger charge is -2.49. The summed E-state index contributed by atoms with van der Waals surface area (Å²) in [6, 6.07) is 19.8. The summed E-state index contributed by atoms with van der Waals surface area (Å²) >= 11 is 0. The van der Waals surface area contributed by atoms with Crippen molar-refractivity contribution in [3.05, 3.63) is 89.0 Å². The molecule has 1 amide bonds. The standard InChI is InChI=1S/C29H25F3N2O4/c30-29(31,32)37-23-10-8-22(9-11-23)19-36-24-12-13-25-26(16-24)38-28(14-2-1-3-15-28)34(27(25)35)18-21-6-4-20(17-33)5-7-21/h4-13,16H,1-3,14-15,18-19H2. The van der Waals surface area contributed by atoms with Crippen molar-refractivity contribution >= 4 is 5.91 Å². The van der Waals surface area contributed by atoms with E-state index in [1.54, 1.807) is 35.2 Å². The number of nitriles is 1. The Morgan fingerprint density at radius 3 is 2.24 bits per heavy atom. The Morgan fingerprint density at radius 1 is 0.921 bits per heavy atom. The third kappa shape index (κ3) is 5.54. The molecule has 1 aliphatic carbocycles. The molecule has 1 spiro atoms. The van der Waals surface area contributed by atoms with Crippen molar-refractivity contribution in [1.29, 1.82) is 5.26 Å². The first-order chi connectivity index (χ1) is 18.2. The van der Waals surface area contributed by atoms with Gasteiger partial charge in [0.2, 0.25) is 0 Å². The van der Waals surface area contributed by atoms with Crippen molar-refractivity contribution in [2.24, 2.45) is 0 Å². The summed E-state index contributed by atoms with van der Waals surface area (Å²) < 4.78 is 53.4. The van der Waals surface area contributed by atoms with Gasteiger partial charge in [0.1, 0.15) is 23.9 Å². The molecule has 0 aromatic heterocycles. The number of fused-ring (bicyclic) bond motifs is 1. The number of benzene rings is 3. The Balaban J connectivity index is 1.33. The van der Waals surface area contributed by atoms with Crippen molar-refractivity contribution in [2.45, 2.75) is 57.3 Å². The van der Waals surface area contributed by atoms with Crippen LogP contribution in [0.15, 0.2) is 66.7 Å². The Bertz CT molecular complexity index is 1340. The van der Waals surface area contributed by atoms with Crippen LogP contribution in [0.3, 0.4) is 0 Å². The largest absolute Gasteiger partial charge is 0.573 e. The second-order valence-electron chi connectivity index (χ2n) is 9.45. The van der Waals surface area contributed by atoms with E-state index in [1.807, 2.05) is 12.1 Å². The second-order valence-corrected chi connectivity index (χ2v) is 9.45. The average Bonchev–Trinajstić information content (AvgIpc) is 2.90. The summed E-state index contributed by atoms with van der Waals surface area (Å²) in [4.78, 5) is 15.5. The quantitative estimate of drug-likeness (QED) is 0.359. The molecule has 0 unspecified atom stereocenters. The number of ether oxygens (including phenoxy) is 3. The van der Waals surface area contributed by atoms with E-state index in [9.17, 15) is 18.0 Å². The van der Waals surface area contributed by atoms with Crippen LogP contribution in [0.5, 0.6) is 17.2 Å². The molecule has 1 aliphatic heterocycles. The van der Waals surface area contributed by atoms with E-state index < -0.39 is 12.1 Å². The minimum Gasteiger partial charge on any atom is -0.489 e. The van der Waals surface area contributed by atoms with Gasteiger partial charge in [0.05, 0.1) is 17.2 Å². The zero-order valence-electron chi connectivity index (χ0n) is 20.5. The van der Waals surface area contributed by atoms with Gasteiger partial charge in [-0.2, -0.15) is 5.26 Å².